The summed E-state index contributed by atoms with van der Waals surface area (Å²) in [4.78, 5) is 24.1. The fraction of sp³-hybridized carbons (Fsp3) is 0.500. The second kappa shape index (κ2) is 7.12. The van der Waals surface area contributed by atoms with Crippen LogP contribution in [0.4, 0.5) is 10.1 Å². The molecule has 0 aliphatic rings. The maximum Gasteiger partial charge on any atom is 0.270 e. The summed E-state index contributed by atoms with van der Waals surface area (Å²) < 4.78 is 13.9. The van der Waals surface area contributed by atoms with Crippen LogP contribution in [-0.2, 0) is 0 Å². The first-order valence-electron chi connectivity index (χ1n) is 6.67. The van der Waals surface area contributed by atoms with E-state index in [1.807, 2.05) is 25.8 Å². The smallest absolute Gasteiger partial charge is 0.270 e. The van der Waals surface area contributed by atoms with Crippen LogP contribution < -0.4 is 5.32 Å². The Morgan fingerprint density at radius 2 is 2.10 bits per heavy atom. The topological polar surface area (TPSA) is 75.5 Å². The second-order valence-electron chi connectivity index (χ2n) is 5.21. The quantitative estimate of drug-likeness (QED) is 0.644. The lowest BCUT2D eigenvalue weighted by atomic mass is 10.1. The molecule has 0 aromatic heterocycles. The minimum Gasteiger partial charge on any atom is -0.351 e. The normalized spacial score (nSPS) is 11.0. The molecule has 116 valence electrons. The van der Waals surface area contributed by atoms with Gasteiger partial charge in [0.05, 0.1) is 10.5 Å². The van der Waals surface area contributed by atoms with E-state index in [1.54, 1.807) is 0 Å². The van der Waals surface area contributed by atoms with E-state index >= 15 is 0 Å². The fourth-order valence-corrected chi connectivity index (χ4v) is 1.72. The highest BCUT2D eigenvalue weighted by molar-refractivity contribution is 5.95. The zero-order valence-electron chi connectivity index (χ0n) is 12.6. The number of carbonyl (C=O) groups excluding carboxylic acids is 1. The van der Waals surface area contributed by atoms with Gasteiger partial charge in [-0.3, -0.25) is 14.9 Å². The van der Waals surface area contributed by atoms with Crippen LogP contribution in [0.1, 0.15) is 29.8 Å². The number of carbonyl (C=O) groups is 1. The molecule has 0 radical (unpaired) electrons. The van der Waals surface area contributed by atoms with Crippen molar-refractivity contribution in [2.45, 2.75) is 26.8 Å². The number of nitrogens with zero attached hydrogens (tertiary/aromatic N) is 2. The van der Waals surface area contributed by atoms with Crippen molar-refractivity contribution in [1.29, 1.82) is 0 Å². The summed E-state index contributed by atoms with van der Waals surface area (Å²) >= 11 is 0. The van der Waals surface area contributed by atoms with Crippen molar-refractivity contribution >= 4 is 11.6 Å². The number of likely N-dealkylation sites (N-methyl/N-ethyl adjacent to an activating group) is 1. The summed E-state index contributed by atoms with van der Waals surface area (Å²) in [6.45, 7) is 6.39. The first kappa shape index (κ1) is 17.0. The number of amides is 1. The summed E-state index contributed by atoms with van der Waals surface area (Å²) in [6, 6.07) is 2.40. The maximum atomic E-state index is 13.9. The van der Waals surface area contributed by atoms with E-state index in [0.717, 1.165) is 12.1 Å². The van der Waals surface area contributed by atoms with Gasteiger partial charge in [0.15, 0.2) is 0 Å². The van der Waals surface area contributed by atoms with Gasteiger partial charge in [-0.05, 0) is 33.4 Å². The Labute approximate surface area is 123 Å². The van der Waals surface area contributed by atoms with Gasteiger partial charge >= 0.3 is 0 Å². The number of nitro groups is 1. The number of nitrogens with one attached hydrogen (secondary N) is 1. The summed E-state index contributed by atoms with van der Waals surface area (Å²) in [5.41, 5.74) is -0.513. The Hall–Kier alpha value is -2.02. The van der Waals surface area contributed by atoms with Crippen molar-refractivity contribution in [2.75, 3.05) is 20.1 Å². The first-order chi connectivity index (χ1) is 9.73. The maximum absolute atomic E-state index is 13.9. The van der Waals surface area contributed by atoms with Gasteiger partial charge < -0.3 is 10.2 Å². The molecular formula is C14H20FN3O3. The molecule has 0 saturated heterocycles. The van der Waals surface area contributed by atoms with E-state index < -0.39 is 16.6 Å². The van der Waals surface area contributed by atoms with Crippen LogP contribution in [0, 0.1) is 22.9 Å². The standard InChI is InChI=1S/C14H20FN3O3/c1-9(2)17(4)6-5-16-14(19)12-8-11(18(20)21)7-10(3)13(12)15/h7-9H,5-6H2,1-4H3,(H,16,19). The minimum atomic E-state index is -0.727. The van der Waals surface area contributed by atoms with E-state index in [9.17, 15) is 19.3 Å². The van der Waals surface area contributed by atoms with Crippen molar-refractivity contribution in [1.82, 2.24) is 10.2 Å². The Balaban J connectivity index is 2.80. The Morgan fingerprint density at radius 3 is 2.62 bits per heavy atom. The van der Waals surface area contributed by atoms with Crippen molar-refractivity contribution in [3.8, 4) is 0 Å². The molecule has 0 fully saturated rings. The van der Waals surface area contributed by atoms with Gasteiger partial charge in [-0.15, -0.1) is 0 Å². The van der Waals surface area contributed by atoms with Crippen LogP contribution in [0.5, 0.6) is 0 Å². The Bertz CT molecular complexity index is 547. The summed E-state index contributed by atoms with van der Waals surface area (Å²) in [5, 5.41) is 13.3. The molecule has 0 unspecified atom stereocenters. The third kappa shape index (κ3) is 4.49. The molecule has 0 saturated carbocycles. The highest BCUT2D eigenvalue weighted by atomic mass is 19.1. The number of rotatable bonds is 6. The van der Waals surface area contributed by atoms with Gasteiger partial charge in [0.1, 0.15) is 5.82 Å². The van der Waals surface area contributed by atoms with Crippen molar-refractivity contribution in [2.24, 2.45) is 0 Å². The second-order valence-corrected chi connectivity index (χ2v) is 5.21. The number of hydrogen-bond donors (Lipinski definition) is 1. The number of aryl methyl sites for hydroxylation is 1. The predicted octanol–water partition coefficient (Wildman–Crippen LogP) is 2.11. The Morgan fingerprint density at radius 1 is 1.48 bits per heavy atom. The number of halogens is 1. The monoisotopic (exact) mass is 297 g/mol. The van der Waals surface area contributed by atoms with E-state index in [0.29, 0.717) is 19.1 Å². The van der Waals surface area contributed by atoms with Gasteiger partial charge in [0.2, 0.25) is 0 Å². The molecule has 0 aliphatic carbocycles. The predicted molar refractivity (Wildman–Crippen MR) is 77.9 cm³/mol. The molecule has 0 spiro atoms. The number of hydrogen-bond acceptors (Lipinski definition) is 4. The molecule has 0 atom stereocenters. The molecule has 1 aromatic rings. The lowest BCUT2D eigenvalue weighted by Crippen LogP contribution is -2.36. The number of nitro benzene ring substituents is 1. The van der Waals surface area contributed by atoms with E-state index in [2.05, 4.69) is 5.32 Å². The van der Waals surface area contributed by atoms with E-state index in [1.165, 1.54) is 6.92 Å². The molecule has 6 nitrogen and oxygen atoms in total. The molecule has 1 amide bonds. The molecule has 21 heavy (non-hydrogen) atoms. The molecular weight excluding hydrogens is 277 g/mol. The molecule has 1 rings (SSSR count). The van der Waals surface area contributed by atoms with Crippen LogP contribution in [0.2, 0.25) is 0 Å². The zero-order chi connectivity index (χ0) is 16.2. The highest BCUT2D eigenvalue weighted by Crippen LogP contribution is 2.20. The lowest BCUT2D eigenvalue weighted by molar-refractivity contribution is -0.385. The third-order valence-corrected chi connectivity index (χ3v) is 3.33. The van der Waals surface area contributed by atoms with Crippen molar-refractivity contribution < 1.29 is 14.1 Å². The van der Waals surface area contributed by atoms with Gasteiger partial charge in [-0.2, -0.15) is 0 Å². The van der Waals surface area contributed by atoms with Gasteiger partial charge in [-0.1, -0.05) is 0 Å². The number of non-ortho nitro benzene ring substituents is 1. The van der Waals surface area contributed by atoms with Crippen molar-refractivity contribution in [3.63, 3.8) is 0 Å². The SMILES string of the molecule is Cc1cc([N+](=O)[O-])cc(C(=O)NCCN(C)C(C)C)c1F. The third-order valence-electron chi connectivity index (χ3n) is 3.33. The largest absolute Gasteiger partial charge is 0.351 e. The molecule has 1 N–H and O–H groups in total. The summed E-state index contributed by atoms with van der Waals surface area (Å²) in [6.07, 6.45) is 0. The zero-order valence-corrected chi connectivity index (χ0v) is 12.6. The molecule has 7 heteroatoms. The minimum absolute atomic E-state index is 0.0775. The first-order valence-corrected chi connectivity index (χ1v) is 6.67. The average molecular weight is 297 g/mol. The molecule has 0 heterocycles. The van der Waals surface area contributed by atoms with Crippen molar-refractivity contribution in [3.05, 3.63) is 39.2 Å². The highest BCUT2D eigenvalue weighted by Gasteiger charge is 2.19. The van der Waals surface area contributed by atoms with Gasteiger partial charge in [-0.25, -0.2) is 4.39 Å². The Kier molecular flexibility index (Phi) is 5.78. The van der Waals surface area contributed by atoms with E-state index in [-0.39, 0.29) is 16.8 Å². The van der Waals surface area contributed by atoms with E-state index in [4.69, 9.17) is 0 Å². The summed E-state index contributed by atoms with van der Waals surface area (Å²) in [7, 11) is 1.91. The molecule has 0 bridgehead atoms. The van der Waals surface area contributed by atoms with Gasteiger partial charge in [0.25, 0.3) is 11.6 Å². The van der Waals surface area contributed by atoms with Crippen LogP contribution >= 0.6 is 0 Å². The van der Waals surface area contributed by atoms with Crippen LogP contribution in [0.25, 0.3) is 0 Å². The van der Waals surface area contributed by atoms with Gasteiger partial charge in [0, 0.05) is 31.3 Å². The molecule has 0 aliphatic heterocycles. The average Bonchev–Trinajstić information content (AvgIpc) is 2.40. The summed E-state index contributed by atoms with van der Waals surface area (Å²) in [5.74, 6) is -1.37. The molecule has 1 aromatic carbocycles. The van der Waals surface area contributed by atoms with Crippen LogP contribution in [-0.4, -0.2) is 41.9 Å². The van der Waals surface area contributed by atoms with Crippen LogP contribution in [0.15, 0.2) is 12.1 Å². The van der Waals surface area contributed by atoms with Crippen LogP contribution in [0.3, 0.4) is 0 Å². The lowest BCUT2D eigenvalue weighted by Gasteiger charge is -2.20. The fourth-order valence-electron chi connectivity index (χ4n) is 1.72. The number of benzene rings is 1.